The summed E-state index contributed by atoms with van der Waals surface area (Å²) in [5.41, 5.74) is 3.78. The molecule has 1 aromatic carbocycles. The van der Waals surface area contributed by atoms with E-state index < -0.39 is 0 Å². The molecule has 0 heterocycles. The van der Waals surface area contributed by atoms with Crippen molar-refractivity contribution >= 4 is 0 Å². The smallest absolute Gasteiger partial charge is 0.0161 e. The van der Waals surface area contributed by atoms with Crippen molar-refractivity contribution in [3.63, 3.8) is 0 Å². The fraction of sp³-hybridized carbons (Fsp3) is 0.714. The van der Waals surface area contributed by atoms with E-state index >= 15 is 0 Å². The fourth-order valence-electron chi connectivity index (χ4n) is 4.42. The van der Waals surface area contributed by atoms with Crippen molar-refractivity contribution in [2.45, 2.75) is 90.9 Å². The Morgan fingerprint density at radius 1 is 1.05 bits per heavy atom. The first-order valence-corrected chi connectivity index (χ1v) is 9.20. The molecular weight excluding hydrogens is 252 g/mol. The standard InChI is InChI=1S/C21H34/c1-5-12-21(13-6-2)14-10-18(11-15-21)20-9-7-8-19(16-20)17(3)4/h7-9,16-18H,5-6,10-15H2,1-4H3. The average molecular weight is 287 g/mol. The maximum absolute atomic E-state index is 2.47. The first-order chi connectivity index (χ1) is 10.1. The van der Waals surface area contributed by atoms with Crippen LogP contribution in [0.25, 0.3) is 0 Å². The molecule has 118 valence electrons. The highest BCUT2D eigenvalue weighted by Crippen LogP contribution is 2.48. The molecule has 0 aliphatic heterocycles. The Morgan fingerprint density at radius 2 is 1.67 bits per heavy atom. The van der Waals surface area contributed by atoms with Crippen molar-refractivity contribution < 1.29 is 0 Å². The van der Waals surface area contributed by atoms with Crippen molar-refractivity contribution in [1.29, 1.82) is 0 Å². The van der Waals surface area contributed by atoms with Gasteiger partial charge in [0.1, 0.15) is 0 Å². The molecule has 0 N–H and O–H groups in total. The number of benzene rings is 1. The zero-order valence-corrected chi connectivity index (χ0v) is 14.6. The minimum absolute atomic E-state index is 0.646. The van der Waals surface area contributed by atoms with Gasteiger partial charge in [0.05, 0.1) is 0 Å². The Hall–Kier alpha value is -0.780. The lowest BCUT2D eigenvalue weighted by molar-refractivity contribution is 0.142. The molecule has 21 heavy (non-hydrogen) atoms. The van der Waals surface area contributed by atoms with Gasteiger partial charge in [0.25, 0.3) is 0 Å². The summed E-state index contributed by atoms with van der Waals surface area (Å²) in [6.07, 6.45) is 11.3. The van der Waals surface area contributed by atoms with Gasteiger partial charge in [-0.15, -0.1) is 0 Å². The minimum Gasteiger partial charge on any atom is -0.0654 e. The molecule has 0 radical (unpaired) electrons. The maximum Gasteiger partial charge on any atom is -0.0161 e. The van der Waals surface area contributed by atoms with Crippen molar-refractivity contribution in [3.05, 3.63) is 35.4 Å². The molecule has 0 aromatic heterocycles. The van der Waals surface area contributed by atoms with Crippen molar-refractivity contribution in [3.8, 4) is 0 Å². The van der Waals surface area contributed by atoms with E-state index in [1.54, 1.807) is 5.56 Å². The normalized spacial score (nSPS) is 19.1. The van der Waals surface area contributed by atoms with Gasteiger partial charge in [-0.05, 0) is 66.9 Å². The maximum atomic E-state index is 2.47. The third-order valence-corrected chi connectivity index (χ3v) is 5.66. The largest absolute Gasteiger partial charge is 0.0654 e. The number of hydrogen-bond acceptors (Lipinski definition) is 0. The highest BCUT2D eigenvalue weighted by atomic mass is 14.4. The van der Waals surface area contributed by atoms with E-state index in [4.69, 9.17) is 0 Å². The Morgan fingerprint density at radius 3 is 2.19 bits per heavy atom. The van der Waals surface area contributed by atoms with Crippen LogP contribution in [-0.2, 0) is 0 Å². The highest BCUT2D eigenvalue weighted by Gasteiger charge is 2.34. The number of rotatable bonds is 6. The van der Waals surface area contributed by atoms with Crippen LogP contribution < -0.4 is 0 Å². The molecule has 0 nitrogen and oxygen atoms in total. The molecule has 1 aliphatic carbocycles. The summed E-state index contributed by atoms with van der Waals surface area (Å²) in [5.74, 6) is 1.46. The zero-order chi connectivity index (χ0) is 15.3. The van der Waals surface area contributed by atoms with Crippen molar-refractivity contribution in [1.82, 2.24) is 0 Å². The van der Waals surface area contributed by atoms with E-state index in [-0.39, 0.29) is 0 Å². The van der Waals surface area contributed by atoms with Gasteiger partial charge in [-0.3, -0.25) is 0 Å². The Labute approximate surface area is 132 Å². The van der Waals surface area contributed by atoms with E-state index in [0.29, 0.717) is 11.3 Å². The van der Waals surface area contributed by atoms with Crippen LogP contribution in [0.1, 0.15) is 102 Å². The van der Waals surface area contributed by atoms with Crippen LogP contribution in [0.4, 0.5) is 0 Å². The molecular formula is C21H34. The lowest BCUT2D eigenvalue weighted by Crippen LogP contribution is -2.26. The molecule has 0 heteroatoms. The van der Waals surface area contributed by atoms with Crippen LogP contribution in [0.5, 0.6) is 0 Å². The first-order valence-electron chi connectivity index (χ1n) is 9.20. The molecule has 0 atom stereocenters. The molecule has 0 saturated heterocycles. The molecule has 0 bridgehead atoms. The van der Waals surface area contributed by atoms with Crippen molar-refractivity contribution in [2.24, 2.45) is 5.41 Å². The summed E-state index contributed by atoms with van der Waals surface area (Å²) in [6, 6.07) is 9.39. The summed E-state index contributed by atoms with van der Waals surface area (Å²) in [7, 11) is 0. The average Bonchev–Trinajstić information content (AvgIpc) is 2.49. The Bertz CT molecular complexity index is 413. The van der Waals surface area contributed by atoms with Gasteiger partial charge in [-0.1, -0.05) is 64.8 Å². The minimum atomic E-state index is 0.646. The summed E-state index contributed by atoms with van der Waals surface area (Å²) in [6.45, 7) is 9.31. The molecule has 1 aliphatic rings. The summed E-state index contributed by atoms with van der Waals surface area (Å²) >= 11 is 0. The second-order valence-electron chi connectivity index (χ2n) is 7.60. The Kier molecular flexibility index (Phi) is 5.90. The van der Waals surface area contributed by atoms with E-state index in [0.717, 1.165) is 5.92 Å². The van der Waals surface area contributed by atoms with Crippen LogP contribution in [0.3, 0.4) is 0 Å². The Balaban J connectivity index is 2.04. The quantitative estimate of drug-likeness (QED) is 0.525. The fourth-order valence-corrected chi connectivity index (χ4v) is 4.42. The lowest BCUT2D eigenvalue weighted by Gasteiger charge is -2.40. The third-order valence-electron chi connectivity index (χ3n) is 5.66. The van der Waals surface area contributed by atoms with Crippen LogP contribution in [-0.4, -0.2) is 0 Å². The monoisotopic (exact) mass is 286 g/mol. The lowest BCUT2D eigenvalue weighted by atomic mass is 9.65. The second-order valence-corrected chi connectivity index (χ2v) is 7.60. The first kappa shape index (κ1) is 16.6. The van der Waals surface area contributed by atoms with Gasteiger partial charge in [0.15, 0.2) is 0 Å². The predicted octanol–water partition coefficient (Wildman–Crippen LogP) is 7.05. The van der Waals surface area contributed by atoms with Gasteiger partial charge < -0.3 is 0 Å². The van der Waals surface area contributed by atoms with Crippen LogP contribution in [0.2, 0.25) is 0 Å². The molecule has 1 aromatic rings. The van der Waals surface area contributed by atoms with Crippen LogP contribution in [0.15, 0.2) is 24.3 Å². The molecule has 2 rings (SSSR count). The van der Waals surface area contributed by atoms with E-state index in [1.807, 2.05) is 0 Å². The second kappa shape index (κ2) is 7.47. The van der Waals surface area contributed by atoms with E-state index in [2.05, 4.69) is 52.0 Å². The highest BCUT2D eigenvalue weighted by molar-refractivity contribution is 5.28. The molecule has 1 fully saturated rings. The van der Waals surface area contributed by atoms with E-state index in [9.17, 15) is 0 Å². The predicted molar refractivity (Wildman–Crippen MR) is 94.0 cm³/mol. The zero-order valence-electron chi connectivity index (χ0n) is 14.6. The van der Waals surface area contributed by atoms with Gasteiger partial charge >= 0.3 is 0 Å². The van der Waals surface area contributed by atoms with Crippen molar-refractivity contribution in [2.75, 3.05) is 0 Å². The third kappa shape index (κ3) is 4.11. The van der Waals surface area contributed by atoms with Crippen LogP contribution in [0, 0.1) is 5.41 Å². The van der Waals surface area contributed by atoms with Gasteiger partial charge in [0.2, 0.25) is 0 Å². The van der Waals surface area contributed by atoms with Crippen LogP contribution >= 0.6 is 0 Å². The van der Waals surface area contributed by atoms with Gasteiger partial charge in [-0.25, -0.2) is 0 Å². The van der Waals surface area contributed by atoms with Gasteiger partial charge in [-0.2, -0.15) is 0 Å². The summed E-state index contributed by atoms with van der Waals surface area (Å²) in [4.78, 5) is 0. The molecule has 0 unspecified atom stereocenters. The summed E-state index contributed by atoms with van der Waals surface area (Å²) < 4.78 is 0. The summed E-state index contributed by atoms with van der Waals surface area (Å²) in [5, 5.41) is 0. The number of hydrogen-bond donors (Lipinski definition) is 0. The molecule has 1 saturated carbocycles. The molecule has 0 spiro atoms. The van der Waals surface area contributed by atoms with Gasteiger partial charge in [0, 0.05) is 0 Å². The van der Waals surface area contributed by atoms with E-state index in [1.165, 1.54) is 56.9 Å². The SMILES string of the molecule is CCCC1(CCC)CCC(c2cccc(C(C)C)c2)CC1. The molecule has 0 amide bonds. The topological polar surface area (TPSA) is 0 Å².